The van der Waals surface area contributed by atoms with Crippen molar-refractivity contribution in [2.75, 3.05) is 6.54 Å². The summed E-state index contributed by atoms with van der Waals surface area (Å²) in [5.74, 6) is 0.461. The summed E-state index contributed by atoms with van der Waals surface area (Å²) >= 11 is 5.01. The lowest BCUT2D eigenvalue weighted by Gasteiger charge is -2.12. The van der Waals surface area contributed by atoms with Crippen molar-refractivity contribution in [1.29, 1.82) is 0 Å². The van der Waals surface area contributed by atoms with Crippen LogP contribution >= 0.6 is 27.3 Å². The van der Waals surface area contributed by atoms with E-state index in [-0.39, 0.29) is 5.82 Å². The number of hydrogen-bond donors (Lipinski definition) is 2. The van der Waals surface area contributed by atoms with E-state index in [2.05, 4.69) is 36.9 Å². The van der Waals surface area contributed by atoms with Gasteiger partial charge in [-0.1, -0.05) is 15.9 Å². The van der Waals surface area contributed by atoms with E-state index in [0.717, 1.165) is 11.0 Å². The number of aliphatic imine (C=N–C) groups is 1. The molecule has 0 spiro atoms. The molecule has 0 fully saturated rings. The van der Waals surface area contributed by atoms with Crippen LogP contribution in [0.25, 0.3) is 0 Å². The molecule has 0 amide bonds. The zero-order chi connectivity index (χ0) is 15.1. The standard InChI is InChI=1S/C15H17BrFN3S/c1-2-18-15(19-8-11-5-6-21-10-11)20-9-12-7-13(16)3-4-14(12)17/h3-7,10H,2,8-9H2,1H3,(H2,18,19,20). The molecular weight excluding hydrogens is 353 g/mol. The highest BCUT2D eigenvalue weighted by Gasteiger charge is 2.04. The van der Waals surface area contributed by atoms with Crippen LogP contribution in [0.4, 0.5) is 4.39 Å². The van der Waals surface area contributed by atoms with Crippen LogP contribution in [0, 0.1) is 5.82 Å². The van der Waals surface area contributed by atoms with Crippen molar-refractivity contribution < 1.29 is 4.39 Å². The zero-order valence-corrected chi connectivity index (χ0v) is 14.1. The fourth-order valence-electron chi connectivity index (χ4n) is 1.75. The number of thiophene rings is 1. The van der Waals surface area contributed by atoms with Gasteiger partial charge in [-0.3, -0.25) is 0 Å². The smallest absolute Gasteiger partial charge is 0.191 e. The molecule has 3 nitrogen and oxygen atoms in total. The van der Waals surface area contributed by atoms with Gasteiger partial charge in [0.25, 0.3) is 0 Å². The Hall–Kier alpha value is -1.40. The minimum atomic E-state index is -0.223. The average molecular weight is 370 g/mol. The summed E-state index contributed by atoms with van der Waals surface area (Å²) in [7, 11) is 0. The monoisotopic (exact) mass is 369 g/mol. The van der Waals surface area contributed by atoms with Gasteiger partial charge in [-0.15, -0.1) is 0 Å². The van der Waals surface area contributed by atoms with Crippen LogP contribution in [-0.2, 0) is 13.1 Å². The molecule has 0 aliphatic carbocycles. The van der Waals surface area contributed by atoms with Crippen LogP contribution < -0.4 is 10.6 Å². The molecule has 1 heterocycles. The highest BCUT2D eigenvalue weighted by atomic mass is 79.9. The molecule has 0 aliphatic rings. The number of nitrogens with one attached hydrogen (secondary N) is 2. The fraction of sp³-hybridized carbons (Fsp3) is 0.267. The predicted octanol–water partition coefficient (Wildman–Crippen LogP) is 3.91. The van der Waals surface area contributed by atoms with Gasteiger partial charge >= 0.3 is 0 Å². The predicted molar refractivity (Wildman–Crippen MR) is 90.1 cm³/mol. The highest BCUT2D eigenvalue weighted by molar-refractivity contribution is 9.10. The second-order valence-electron chi connectivity index (χ2n) is 4.42. The summed E-state index contributed by atoms with van der Waals surface area (Å²) in [6.07, 6.45) is 0. The number of halogens is 2. The van der Waals surface area contributed by atoms with Crippen molar-refractivity contribution in [3.8, 4) is 0 Å². The Labute approximate surface area is 136 Å². The summed E-state index contributed by atoms with van der Waals surface area (Å²) in [5, 5.41) is 10.4. The maximum absolute atomic E-state index is 13.7. The van der Waals surface area contributed by atoms with Crippen molar-refractivity contribution in [2.24, 2.45) is 4.99 Å². The SMILES string of the molecule is CCNC(=NCc1ccsc1)NCc1cc(Br)ccc1F. The summed E-state index contributed by atoms with van der Waals surface area (Å²) in [6, 6.07) is 6.96. The molecule has 0 saturated heterocycles. The Balaban J connectivity index is 1.99. The molecule has 2 N–H and O–H groups in total. The van der Waals surface area contributed by atoms with Crippen molar-refractivity contribution >= 4 is 33.2 Å². The van der Waals surface area contributed by atoms with Crippen LogP contribution in [0.15, 0.2) is 44.5 Å². The largest absolute Gasteiger partial charge is 0.357 e. The quantitative estimate of drug-likeness (QED) is 0.619. The third kappa shape index (κ3) is 5.13. The average Bonchev–Trinajstić information content (AvgIpc) is 2.98. The van der Waals surface area contributed by atoms with Gasteiger partial charge in [-0.2, -0.15) is 11.3 Å². The molecule has 1 aromatic heterocycles. The van der Waals surface area contributed by atoms with Crippen LogP contribution in [-0.4, -0.2) is 12.5 Å². The first-order chi connectivity index (χ1) is 10.2. The van der Waals surface area contributed by atoms with Crippen molar-refractivity contribution in [1.82, 2.24) is 10.6 Å². The maximum Gasteiger partial charge on any atom is 0.191 e. The van der Waals surface area contributed by atoms with Crippen molar-refractivity contribution in [3.05, 3.63) is 56.4 Å². The second-order valence-corrected chi connectivity index (χ2v) is 6.11. The molecule has 2 rings (SSSR count). The first-order valence-corrected chi connectivity index (χ1v) is 8.40. The van der Waals surface area contributed by atoms with E-state index in [1.807, 2.05) is 18.4 Å². The van der Waals surface area contributed by atoms with Crippen LogP contribution in [0.1, 0.15) is 18.1 Å². The molecule has 0 radical (unpaired) electrons. The number of benzene rings is 1. The minimum Gasteiger partial charge on any atom is -0.357 e. The minimum absolute atomic E-state index is 0.223. The van der Waals surface area contributed by atoms with E-state index in [1.165, 1.54) is 11.6 Å². The Morgan fingerprint density at radius 2 is 2.19 bits per heavy atom. The number of hydrogen-bond acceptors (Lipinski definition) is 2. The molecule has 6 heteroatoms. The second kappa shape index (κ2) is 8.14. The number of rotatable bonds is 5. The molecule has 0 saturated carbocycles. The van der Waals surface area contributed by atoms with Gasteiger partial charge < -0.3 is 10.6 Å². The summed E-state index contributed by atoms with van der Waals surface area (Å²) in [6.45, 7) is 3.76. The lowest BCUT2D eigenvalue weighted by molar-refractivity contribution is 0.604. The maximum atomic E-state index is 13.7. The zero-order valence-electron chi connectivity index (χ0n) is 11.7. The Bertz CT molecular complexity index is 599. The van der Waals surface area contributed by atoms with Gasteiger partial charge in [-0.05, 0) is 47.5 Å². The van der Waals surface area contributed by atoms with Gasteiger partial charge in [0.05, 0.1) is 6.54 Å². The third-order valence-electron chi connectivity index (χ3n) is 2.80. The fourth-order valence-corrected chi connectivity index (χ4v) is 2.82. The molecule has 112 valence electrons. The molecule has 0 aliphatic heterocycles. The molecule has 1 aromatic carbocycles. The van der Waals surface area contributed by atoms with E-state index in [9.17, 15) is 4.39 Å². The lowest BCUT2D eigenvalue weighted by Crippen LogP contribution is -2.37. The van der Waals surface area contributed by atoms with Crippen LogP contribution in [0.2, 0.25) is 0 Å². The summed E-state index contributed by atoms with van der Waals surface area (Å²) in [5.41, 5.74) is 1.77. The van der Waals surface area contributed by atoms with E-state index >= 15 is 0 Å². The topological polar surface area (TPSA) is 36.4 Å². The third-order valence-corrected chi connectivity index (χ3v) is 4.02. The lowest BCUT2D eigenvalue weighted by atomic mass is 10.2. The van der Waals surface area contributed by atoms with E-state index in [4.69, 9.17) is 0 Å². The first kappa shape index (κ1) is 16.0. The summed E-state index contributed by atoms with van der Waals surface area (Å²) in [4.78, 5) is 4.49. The van der Waals surface area contributed by atoms with Gasteiger partial charge in [-0.25, -0.2) is 9.38 Å². The normalized spacial score (nSPS) is 11.5. The van der Waals surface area contributed by atoms with E-state index in [1.54, 1.807) is 23.5 Å². The Morgan fingerprint density at radius 1 is 1.33 bits per heavy atom. The van der Waals surface area contributed by atoms with E-state index in [0.29, 0.717) is 24.6 Å². The molecule has 2 aromatic rings. The van der Waals surface area contributed by atoms with Crippen LogP contribution in [0.5, 0.6) is 0 Å². The molecular formula is C15H17BrFN3S. The van der Waals surface area contributed by atoms with Gasteiger partial charge in [0.15, 0.2) is 5.96 Å². The molecule has 0 atom stereocenters. The molecule has 0 bridgehead atoms. The van der Waals surface area contributed by atoms with Gasteiger partial charge in [0.1, 0.15) is 5.82 Å². The highest BCUT2D eigenvalue weighted by Crippen LogP contribution is 2.15. The molecule has 0 unspecified atom stereocenters. The van der Waals surface area contributed by atoms with Crippen molar-refractivity contribution in [3.63, 3.8) is 0 Å². The number of nitrogens with zero attached hydrogens (tertiary/aromatic N) is 1. The first-order valence-electron chi connectivity index (χ1n) is 6.66. The molecule has 21 heavy (non-hydrogen) atoms. The summed E-state index contributed by atoms with van der Waals surface area (Å²) < 4.78 is 14.6. The van der Waals surface area contributed by atoms with Gasteiger partial charge in [0, 0.05) is 23.1 Å². The number of guanidine groups is 1. The Morgan fingerprint density at radius 3 is 2.90 bits per heavy atom. The van der Waals surface area contributed by atoms with Crippen molar-refractivity contribution in [2.45, 2.75) is 20.0 Å². The van der Waals surface area contributed by atoms with E-state index < -0.39 is 0 Å². The van der Waals surface area contributed by atoms with Crippen LogP contribution in [0.3, 0.4) is 0 Å². The Kier molecular flexibility index (Phi) is 6.20. The van der Waals surface area contributed by atoms with Gasteiger partial charge in [0.2, 0.25) is 0 Å².